The fourth-order valence-electron chi connectivity index (χ4n) is 3.89. The summed E-state index contributed by atoms with van der Waals surface area (Å²) in [6.07, 6.45) is 0. The Bertz CT molecular complexity index is 992. The van der Waals surface area contributed by atoms with Crippen LogP contribution in [0.5, 0.6) is 0 Å². The van der Waals surface area contributed by atoms with Crippen LogP contribution in [0.4, 0.5) is 0 Å². The molecule has 0 radical (unpaired) electrons. The summed E-state index contributed by atoms with van der Waals surface area (Å²) in [5.41, 5.74) is 11.6. The molecule has 0 bridgehead atoms. The Morgan fingerprint density at radius 2 is 1.62 bits per heavy atom. The topological polar surface area (TPSA) is 59.2 Å². The lowest BCUT2D eigenvalue weighted by Gasteiger charge is -2.24. The van der Waals surface area contributed by atoms with Crippen LogP contribution in [-0.2, 0) is 0 Å². The lowest BCUT2D eigenvalue weighted by molar-refractivity contribution is 0.104. The summed E-state index contributed by atoms with van der Waals surface area (Å²) in [6, 6.07) is 15.4. The quantitative estimate of drug-likeness (QED) is 0.598. The first-order chi connectivity index (χ1) is 12.7. The number of carbonyl (C=O) groups is 1. The van der Waals surface area contributed by atoms with E-state index in [1.807, 2.05) is 48.5 Å². The fraction of sp³-hybridized carbons (Fsp3) is 0.273. The van der Waals surface area contributed by atoms with E-state index in [0.29, 0.717) is 0 Å². The monoisotopic (exact) mass is 345 g/mol. The van der Waals surface area contributed by atoms with E-state index >= 15 is 0 Å². The molecule has 0 aliphatic heterocycles. The van der Waals surface area contributed by atoms with Gasteiger partial charge in [0.05, 0.1) is 17.3 Å². The van der Waals surface area contributed by atoms with Crippen LogP contribution < -0.4 is 5.73 Å². The maximum atomic E-state index is 13.1. The molecule has 1 unspecified atom stereocenters. The first kappa shape index (κ1) is 16.9. The Hall–Kier alpha value is -2.56. The number of carbonyl (C=O) groups excluding carboxylic acids is 1. The molecule has 1 atom stereocenters. The van der Waals surface area contributed by atoms with Crippen molar-refractivity contribution in [2.45, 2.75) is 19.9 Å². The van der Waals surface area contributed by atoms with Gasteiger partial charge in [-0.15, -0.1) is 0 Å². The van der Waals surface area contributed by atoms with Gasteiger partial charge in [0.2, 0.25) is 0 Å². The van der Waals surface area contributed by atoms with Gasteiger partial charge in [0, 0.05) is 28.6 Å². The second-order valence-electron chi connectivity index (χ2n) is 6.73. The SMILES string of the molecule is CCN(CC)CC(N)c1nc2ccccc2c2c1-c1ccccc1C2=O. The highest BCUT2D eigenvalue weighted by Crippen LogP contribution is 2.43. The number of hydrogen-bond donors (Lipinski definition) is 1. The summed E-state index contributed by atoms with van der Waals surface area (Å²) in [4.78, 5) is 20.3. The van der Waals surface area contributed by atoms with Crippen molar-refractivity contribution >= 4 is 16.7 Å². The number of rotatable bonds is 5. The van der Waals surface area contributed by atoms with Crippen LogP contribution in [0.25, 0.3) is 22.0 Å². The minimum absolute atomic E-state index is 0.0745. The van der Waals surface area contributed by atoms with Crippen LogP contribution in [0, 0.1) is 0 Å². The predicted molar refractivity (Wildman–Crippen MR) is 105 cm³/mol. The van der Waals surface area contributed by atoms with Crippen molar-refractivity contribution in [3.63, 3.8) is 0 Å². The first-order valence-corrected chi connectivity index (χ1v) is 9.20. The van der Waals surface area contributed by atoms with Crippen LogP contribution in [0.15, 0.2) is 48.5 Å². The van der Waals surface area contributed by atoms with Gasteiger partial charge in [-0.2, -0.15) is 0 Å². The number of nitrogens with zero attached hydrogens (tertiary/aromatic N) is 2. The van der Waals surface area contributed by atoms with Crippen molar-refractivity contribution < 1.29 is 4.79 Å². The standard InChI is InChI=1S/C22H23N3O/c1-3-25(4-2)13-17(23)21-19-14-9-5-6-10-15(14)22(26)20(19)16-11-7-8-12-18(16)24-21/h5-12,17H,3-4,13,23H2,1-2H3. The molecule has 2 aromatic carbocycles. The molecule has 1 aromatic heterocycles. The molecule has 3 aromatic rings. The van der Waals surface area contributed by atoms with Crippen LogP contribution >= 0.6 is 0 Å². The van der Waals surface area contributed by atoms with Gasteiger partial charge in [-0.05, 0) is 24.7 Å². The van der Waals surface area contributed by atoms with E-state index in [0.717, 1.165) is 58.5 Å². The molecule has 0 spiro atoms. The maximum absolute atomic E-state index is 13.1. The molecule has 1 aliphatic carbocycles. The minimum atomic E-state index is -0.243. The highest BCUT2D eigenvalue weighted by Gasteiger charge is 2.33. The third-order valence-corrected chi connectivity index (χ3v) is 5.29. The molecule has 4 rings (SSSR count). The molecular weight excluding hydrogens is 322 g/mol. The summed E-state index contributed by atoms with van der Waals surface area (Å²) >= 11 is 0. The average Bonchev–Trinajstić information content (AvgIpc) is 2.99. The van der Waals surface area contributed by atoms with Crippen molar-refractivity contribution in [2.75, 3.05) is 19.6 Å². The number of benzene rings is 2. The minimum Gasteiger partial charge on any atom is -0.322 e. The molecule has 0 fully saturated rings. The number of nitrogens with two attached hydrogens (primary N) is 1. The Labute approximate surface area is 153 Å². The number of aromatic nitrogens is 1. The smallest absolute Gasteiger partial charge is 0.195 e. The van der Waals surface area contributed by atoms with Gasteiger partial charge in [0.1, 0.15) is 0 Å². The van der Waals surface area contributed by atoms with Gasteiger partial charge >= 0.3 is 0 Å². The molecule has 0 amide bonds. The lowest BCUT2D eigenvalue weighted by atomic mass is 9.96. The Kier molecular flexibility index (Phi) is 4.31. The third-order valence-electron chi connectivity index (χ3n) is 5.29. The van der Waals surface area contributed by atoms with E-state index in [1.165, 1.54) is 0 Å². The summed E-state index contributed by atoms with van der Waals surface area (Å²) in [6.45, 7) is 6.87. The molecule has 4 nitrogen and oxygen atoms in total. The van der Waals surface area contributed by atoms with Crippen LogP contribution in [-0.4, -0.2) is 35.3 Å². The average molecular weight is 345 g/mol. The van der Waals surface area contributed by atoms with E-state index in [4.69, 9.17) is 10.7 Å². The molecule has 4 heteroatoms. The molecule has 1 aliphatic rings. The summed E-state index contributed by atoms with van der Waals surface area (Å²) < 4.78 is 0. The number of fused-ring (bicyclic) bond motifs is 5. The number of para-hydroxylation sites is 1. The highest BCUT2D eigenvalue weighted by atomic mass is 16.1. The lowest BCUT2D eigenvalue weighted by Crippen LogP contribution is -2.32. The Morgan fingerprint density at radius 3 is 2.35 bits per heavy atom. The maximum Gasteiger partial charge on any atom is 0.195 e. The second-order valence-corrected chi connectivity index (χ2v) is 6.73. The van der Waals surface area contributed by atoms with Crippen molar-refractivity contribution in [1.29, 1.82) is 0 Å². The Morgan fingerprint density at radius 1 is 0.962 bits per heavy atom. The van der Waals surface area contributed by atoms with Crippen molar-refractivity contribution in [3.8, 4) is 11.1 Å². The molecule has 2 N–H and O–H groups in total. The molecule has 0 saturated heterocycles. The van der Waals surface area contributed by atoms with Gasteiger partial charge in [-0.25, -0.2) is 0 Å². The zero-order valence-electron chi connectivity index (χ0n) is 15.2. The van der Waals surface area contributed by atoms with Crippen molar-refractivity contribution in [1.82, 2.24) is 9.88 Å². The van der Waals surface area contributed by atoms with Gasteiger partial charge in [-0.1, -0.05) is 56.3 Å². The van der Waals surface area contributed by atoms with Crippen LogP contribution in [0.3, 0.4) is 0 Å². The third kappa shape index (κ3) is 2.54. The largest absolute Gasteiger partial charge is 0.322 e. The highest BCUT2D eigenvalue weighted by molar-refractivity contribution is 6.27. The summed E-state index contributed by atoms with van der Waals surface area (Å²) in [5, 5.41) is 0.905. The van der Waals surface area contributed by atoms with Gasteiger partial charge in [0.15, 0.2) is 5.78 Å². The van der Waals surface area contributed by atoms with Crippen LogP contribution in [0.2, 0.25) is 0 Å². The van der Waals surface area contributed by atoms with Crippen molar-refractivity contribution in [3.05, 3.63) is 65.4 Å². The van der Waals surface area contributed by atoms with E-state index < -0.39 is 0 Å². The van der Waals surface area contributed by atoms with Crippen LogP contribution in [0.1, 0.15) is 41.5 Å². The number of ketones is 1. The van der Waals surface area contributed by atoms with Gasteiger partial charge < -0.3 is 10.6 Å². The number of likely N-dealkylation sites (N-methyl/N-ethyl adjacent to an activating group) is 1. The van der Waals surface area contributed by atoms with Gasteiger partial charge in [-0.3, -0.25) is 9.78 Å². The molecule has 0 saturated carbocycles. The zero-order valence-corrected chi connectivity index (χ0v) is 15.2. The molecule has 26 heavy (non-hydrogen) atoms. The van der Waals surface area contributed by atoms with Crippen molar-refractivity contribution in [2.24, 2.45) is 5.73 Å². The number of pyridine rings is 1. The zero-order chi connectivity index (χ0) is 18.3. The fourth-order valence-corrected chi connectivity index (χ4v) is 3.89. The molecule has 132 valence electrons. The van der Waals surface area contributed by atoms with E-state index in [2.05, 4.69) is 18.7 Å². The second kappa shape index (κ2) is 6.63. The first-order valence-electron chi connectivity index (χ1n) is 9.20. The Balaban J connectivity index is 1.97. The molecular formula is C22H23N3O. The van der Waals surface area contributed by atoms with E-state index in [1.54, 1.807) is 0 Å². The predicted octanol–water partition coefficient (Wildman–Crippen LogP) is 3.79. The molecule has 1 heterocycles. The normalized spacial score (nSPS) is 13.9. The summed E-state index contributed by atoms with van der Waals surface area (Å²) in [5.74, 6) is 0.0745. The number of hydrogen-bond acceptors (Lipinski definition) is 4. The van der Waals surface area contributed by atoms with E-state index in [-0.39, 0.29) is 11.8 Å². The van der Waals surface area contributed by atoms with E-state index in [9.17, 15) is 4.79 Å². The summed E-state index contributed by atoms with van der Waals surface area (Å²) in [7, 11) is 0. The van der Waals surface area contributed by atoms with Gasteiger partial charge in [0.25, 0.3) is 0 Å².